The highest BCUT2D eigenvalue weighted by Crippen LogP contribution is 2.26. The summed E-state index contributed by atoms with van der Waals surface area (Å²) in [5.41, 5.74) is 13.8. The van der Waals surface area contributed by atoms with Gasteiger partial charge < -0.3 is 10.7 Å². The number of aromatic amines is 1. The van der Waals surface area contributed by atoms with E-state index in [9.17, 15) is 0 Å². The van der Waals surface area contributed by atoms with Crippen LogP contribution in [0.5, 0.6) is 0 Å². The zero-order valence-electron chi connectivity index (χ0n) is 15.9. The van der Waals surface area contributed by atoms with Gasteiger partial charge in [0.2, 0.25) is 0 Å². The second-order valence-electron chi connectivity index (χ2n) is 7.56. The number of nitrogens with two attached hydrogens (primary N) is 1. The van der Waals surface area contributed by atoms with Crippen molar-refractivity contribution in [2.24, 2.45) is 0 Å². The van der Waals surface area contributed by atoms with E-state index in [2.05, 4.69) is 46.2 Å². The molecule has 0 aliphatic carbocycles. The van der Waals surface area contributed by atoms with Crippen LogP contribution in [-0.2, 0) is 19.5 Å². The molecule has 3 heterocycles. The number of aryl methyl sites for hydroxylation is 1. The monoisotopic (exact) mass is 369 g/mol. The molecular formula is C23H23N5. The van der Waals surface area contributed by atoms with Gasteiger partial charge in [-0.05, 0) is 54.3 Å². The van der Waals surface area contributed by atoms with Gasteiger partial charge in [0.1, 0.15) is 0 Å². The topological polar surface area (TPSA) is 70.8 Å². The lowest BCUT2D eigenvalue weighted by Crippen LogP contribution is -2.31. The van der Waals surface area contributed by atoms with Crippen LogP contribution in [-0.4, -0.2) is 26.4 Å². The third-order valence-corrected chi connectivity index (χ3v) is 5.60. The quantitative estimate of drug-likeness (QED) is 0.534. The number of H-pyrrole nitrogens is 1. The summed E-state index contributed by atoms with van der Waals surface area (Å²) in [6.45, 7) is 4.94. The minimum Gasteiger partial charge on any atom is -0.399 e. The lowest BCUT2D eigenvalue weighted by Gasteiger charge is -2.27. The van der Waals surface area contributed by atoms with Crippen molar-refractivity contribution in [1.82, 2.24) is 19.9 Å². The third kappa shape index (κ3) is 3.04. The molecule has 1 aliphatic rings. The maximum atomic E-state index is 5.80. The summed E-state index contributed by atoms with van der Waals surface area (Å²) in [6, 6.07) is 14.2. The first-order valence-corrected chi connectivity index (χ1v) is 9.66. The van der Waals surface area contributed by atoms with Gasteiger partial charge in [-0.1, -0.05) is 18.2 Å². The van der Waals surface area contributed by atoms with Crippen LogP contribution in [0.2, 0.25) is 0 Å². The van der Waals surface area contributed by atoms with Crippen LogP contribution >= 0.6 is 0 Å². The molecule has 28 heavy (non-hydrogen) atoms. The van der Waals surface area contributed by atoms with Gasteiger partial charge in [0.15, 0.2) is 5.82 Å². The van der Waals surface area contributed by atoms with Crippen LogP contribution in [0.4, 0.5) is 5.69 Å². The summed E-state index contributed by atoms with van der Waals surface area (Å²) in [7, 11) is 0. The zero-order chi connectivity index (χ0) is 19.1. The van der Waals surface area contributed by atoms with E-state index in [1.807, 2.05) is 30.5 Å². The predicted molar refractivity (Wildman–Crippen MR) is 113 cm³/mol. The maximum absolute atomic E-state index is 5.80. The number of rotatable bonds is 3. The van der Waals surface area contributed by atoms with Crippen molar-refractivity contribution in [3.63, 3.8) is 0 Å². The first-order valence-electron chi connectivity index (χ1n) is 9.66. The second kappa shape index (κ2) is 6.77. The summed E-state index contributed by atoms with van der Waals surface area (Å²) in [4.78, 5) is 15.3. The molecule has 0 radical (unpaired) electrons. The predicted octanol–water partition coefficient (Wildman–Crippen LogP) is 4.07. The third-order valence-electron chi connectivity index (χ3n) is 5.60. The molecule has 140 valence electrons. The number of fused-ring (bicyclic) bond motifs is 2. The van der Waals surface area contributed by atoms with Gasteiger partial charge >= 0.3 is 0 Å². The molecule has 0 saturated carbocycles. The molecule has 5 heteroatoms. The minimum absolute atomic E-state index is 0.752. The number of nitrogens with one attached hydrogen (secondary N) is 1. The van der Waals surface area contributed by atoms with Crippen molar-refractivity contribution >= 4 is 16.6 Å². The standard InChI is InChI=1S/C23H23N5/c1-15-3-2-4-20-18(12-25-22(15)20)13-28-10-9-17-11-26-23(27-21(17)14-28)16-5-7-19(24)8-6-16/h2-8,11-12,25H,9-10,13-14,24H2,1H3. The lowest BCUT2D eigenvalue weighted by atomic mass is 10.0. The number of para-hydroxylation sites is 1. The molecule has 4 aromatic rings. The average Bonchev–Trinajstić information content (AvgIpc) is 3.12. The number of hydrogen-bond acceptors (Lipinski definition) is 4. The van der Waals surface area contributed by atoms with Gasteiger partial charge in [0.25, 0.3) is 0 Å². The Labute approximate surface area is 164 Å². The second-order valence-corrected chi connectivity index (χ2v) is 7.56. The van der Waals surface area contributed by atoms with Gasteiger partial charge in [-0.3, -0.25) is 4.90 Å². The number of nitrogens with zero attached hydrogens (tertiary/aromatic N) is 3. The van der Waals surface area contributed by atoms with Crippen LogP contribution in [0.1, 0.15) is 22.4 Å². The fraction of sp³-hybridized carbons (Fsp3) is 0.217. The van der Waals surface area contributed by atoms with Crippen molar-refractivity contribution in [1.29, 1.82) is 0 Å². The molecule has 0 bridgehead atoms. The maximum Gasteiger partial charge on any atom is 0.159 e. The van der Waals surface area contributed by atoms with Crippen LogP contribution in [0, 0.1) is 6.92 Å². The number of anilines is 1. The van der Waals surface area contributed by atoms with Crippen molar-refractivity contribution in [2.45, 2.75) is 26.4 Å². The molecule has 0 saturated heterocycles. The molecule has 5 rings (SSSR count). The zero-order valence-corrected chi connectivity index (χ0v) is 15.9. The summed E-state index contributed by atoms with van der Waals surface area (Å²) in [6.07, 6.45) is 5.12. The van der Waals surface area contributed by atoms with E-state index in [0.717, 1.165) is 48.8 Å². The van der Waals surface area contributed by atoms with Gasteiger partial charge in [0, 0.05) is 54.2 Å². The molecule has 0 atom stereocenters. The van der Waals surface area contributed by atoms with E-state index in [0.29, 0.717) is 0 Å². The van der Waals surface area contributed by atoms with Gasteiger partial charge in [0.05, 0.1) is 5.69 Å². The summed E-state index contributed by atoms with van der Waals surface area (Å²) < 4.78 is 0. The Morgan fingerprint density at radius 1 is 1.14 bits per heavy atom. The van der Waals surface area contributed by atoms with Crippen molar-refractivity contribution < 1.29 is 0 Å². The average molecular weight is 369 g/mol. The van der Waals surface area contributed by atoms with E-state index in [1.54, 1.807) is 0 Å². The van der Waals surface area contributed by atoms with Gasteiger partial charge in [-0.2, -0.15) is 0 Å². The largest absolute Gasteiger partial charge is 0.399 e. The Hall–Kier alpha value is -3.18. The summed E-state index contributed by atoms with van der Waals surface area (Å²) in [5.74, 6) is 0.767. The smallest absolute Gasteiger partial charge is 0.159 e. The van der Waals surface area contributed by atoms with Crippen LogP contribution < -0.4 is 5.73 Å². The molecule has 2 aromatic heterocycles. The van der Waals surface area contributed by atoms with Crippen molar-refractivity contribution in [3.8, 4) is 11.4 Å². The highest BCUT2D eigenvalue weighted by molar-refractivity contribution is 5.85. The van der Waals surface area contributed by atoms with E-state index in [1.165, 1.54) is 27.6 Å². The fourth-order valence-corrected chi connectivity index (χ4v) is 4.00. The van der Waals surface area contributed by atoms with Crippen LogP contribution in [0.15, 0.2) is 54.9 Å². The Bertz CT molecular complexity index is 1140. The van der Waals surface area contributed by atoms with Crippen LogP contribution in [0.3, 0.4) is 0 Å². The molecule has 0 amide bonds. The molecule has 1 aliphatic heterocycles. The first-order chi connectivity index (χ1) is 13.7. The molecule has 5 nitrogen and oxygen atoms in total. The highest BCUT2D eigenvalue weighted by atomic mass is 15.1. The summed E-state index contributed by atoms with van der Waals surface area (Å²) in [5, 5.41) is 1.32. The molecule has 0 unspecified atom stereocenters. The first kappa shape index (κ1) is 17.0. The number of hydrogen-bond donors (Lipinski definition) is 2. The van der Waals surface area contributed by atoms with E-state index in [4.69, 9.17) is 10.7 Å². The van der Waals surface area contributed by atoms with Crippen molar-refractivity contribution in [2.75, 3.05) is 12.3 Å². The molecule has 0 spiro atoms. The number of nitrogen functional groups attached to an aromatic ring is 1. The Balaban J connectivity index is 1.40. The lowest BCUT2D eigenvalue weighted by molar-refractivity contribution is 0.242. The van der Waals surface area contributed by atoms with Gasteiger partial charge in [-0.15, -0.1) is 0 Å². The van der Waals surface area contributed by atoms with E-state index < -0.39 is 0 Å². The minimum atomic E-state index is 0.752. The number of aromatic nitrogens is 3. The molecule has 2 aromatic carbocycles. The van der Waals surface area contributed by atoms with Gasteiger partial charge in [-0.25, -0.2) is 9.97 Å². The summed E-state index contributed by atoms with van der Waals surface area (Å²) >= 11 is 0. The van der Waals surface area contributed by atoms with E-state index in [-0.39, 0.29) is 0 Å². The fourth-order valence-electron chi connectivity index (χ4n) is 4.00. The van der Waals surface area contributed by atoms with Crippen molar-refractivity contribution in [3.05, 3.63) is 77.2 Å². The number of benzene rings is 2. The van der Waals surface area contributed by atoms with Crippen LogP contribution in [0.25, 0.3) is 22.3 Å². The van der Waals surface area contributed by atoms with E-state index >= 15 is 0 Å². The molecular weight excluding hydrogens is 346 g/mol. The normalized spacial score (nSPS) is 14.3. The molecule has 0 fully saturated rings. The molecule has 3 N–H and O–H groups in total. The Morgan fingerprint density at radius 3 is 2.86 bits per heavy atom. The highest BCUT2D eigenvalue weighted by Gasteiger charge is 2.20. The Morgan fingerprint density at radius 2 is 2.00 bits per heavy atom. The Kier molecular flexibility index (Phi) is 4.10. The SMILES string of the molecule is Cc1cccc2c(CN3CCc4cnc(-c5ccc(N)cc5)nc4C3)c[nH]c12.